The third-order valence-electron chi connectivity index (χ3n) is 2.54. The highest BCUT2D eigenvalue weighted by atomic mass is 16.4. The van der Waals surface area contributed by atoms with Gasteiger partial charge >= 0.3 is 11.9 Å². The van der Waals surface area contributed by atoms with Gasteiger partial charge in [-0.05, 0) is 30.5 Å². The van der Waals surface area contributed by atoms with E-state index in [2.05, 4.69) is 0 Å². The van der Waals surface area contributed by atoms with Crippen molar-refractivity contribution in [3.05, 3.63) is 34.4 Å². The highest BCUT2D eigenvalue weighted by Crippen LogP contribution is 2.20. The van der Waals surface area contributed by atoms with Crippen LogP contribution < -0.4 is 0 Å². The van der Waals surface area contributed by atoms with Crippen molar-refractivity contribution in [1.82, 2.24) is 0 Å². The largest absolute Gasteiger partial charge is 0.478 e. The molecule has 86 valence electrons. The molecule has 0 radical (unpaired) electrons. The van der Waals surface area contributed by atoms with Crippen LogP contribution in [0.5, 0.6) is 0 Å². The van der Waals surface area contributed by atoms with Gasteiger partial charge < -0.3 is 10.2 Å². The van der Waals surface area contributed by atoms with E-state index >= 15 is 0 Å². The molecule has 0 aromatic heterocycles. The van der Waals surface area contributed by atoms with Crippen molar-refractivity contribution >= 4 is 11.9 Å². The first-order valence-electron chi connectivity index (χ1n) is 5.08. The normalized spacial score (nSPS) is 10.1. The van der Waals surface area contributed by atoms with Crippen molar-refractivity contribution in [1.29, 1.82) is 0 Å². The van der Waals surface area contributed by atoms with Crippen LogP contribution in [0, 0.1) is 6.92 Å². The summed E-state index contributed by atoms with van der Waals surface area (Å²) in [5.74, 6) is -2.39. The average molecular weight is 222 g/mol. The maximum Gasteiger partial charge on any atom is 0.336 e. The van der Waals surface area contributed by atoms with Gasteiger partial charge in [-0.2, -0.15) is 0 Å². The Kier molecular flexibility index (Phi) is 3.66. The van der Waals surface area contributed by atoms with E-state index in [9.17, 15) is 9.59 Å². The summed E-state index contributed by atoms with van der Waals surface area (Å²) in [6.45, 7) is 3.64. The molecule has 0 spiro atoms. The molecule has 16 heavy (non-hydrogen) atoms. The second-order valence-corrected chi connectivity index (χ2v) is 3.63. The molecule has 0 saturated heterocycles. The Balaban J connectivity index is 3.41. The number of hydrogen-bond donors (Lipinski definition) is 2. The van der Waals surface area contributed by atoms with Crippen molar-refractivity contribution < 1.29 is 19.8 Å². The highest BCUT2D eigenvalue weighted by molar-refractivity contribution is 6.03. The highest BCUT2D eigenvalue weighted by Gasteiger charge is 2.19. The Morgan fingerprint density at radius 3 is 2.25 bits per heavy atom. The summed E-state index contributed by atoms with van der Waals surface area (Å²) in [5, 5.41) is 17.9. The van der Waals surface area contributed by atoms with Gasteiger partial charge in [0.05, 0.1) is 11.1 Å². The fraction of sp³-hybridized carbons (Fsp3) is 0.333. The van der Waals surface area contributed by atoms with Crippen LogP contribution in [0.15, 0.2) is 12.1 Å². The van der Waals surface area contributed by atoms with Crippen LogP contribution in [0.2, 0.25) is 0 Å². The van der Waals surface area contributed by atoms with Gasteiger partial charge in [-0.15, -0.1) is 0 Å². The lowest BCUT2D eigenvalue weighted by Crippen LogP contribution is -2.11. The third kappa shape index (κ3) is 2.21. The van der Waals surface area contributed by atoms with Crippen LogP contribution in [0.1, 0.15) is 45.2 Å². The molecule has 0 aliphatic carbocycles. The zero-order chi connectivity index (χ0) is 12.3. The lowest BCUT2D eigenvalue weighted by molar-refractivity contribution is 0.0650. The van der Waals surface area contributed by atoms with E-state index in [0.717, 1.165) is 18.4 Å². The fourth-order valence-electron chi connectivity index (χ4n) is 1.75. The van der Waals surface area contributed by atoms with Crippen molar-refractivity contribution in [3.8, 4) is 0 Å². The minimum absolute atomic E-state index is 0.0987. The Morgan fingerprint density at radius 2 is 1.81 bits per heavy atom. The lowest BCUT2D eigenvalue weighted by atomic mass is 9.94. The Morgan fingerprint density at radius 1 is 1.19 bits per heavy atom. The average Bonchev–Trinajstić information content (AvgIpc) is 2.20. The zero-order valence-electron chi connectivity index (χ0n) is 9.28. The van der Waals surface area contributed by atoms with Crippen LogP contribution in [-0.2, 0) is 6.42 Å². The second kappa shape index (κ2) is 4.79. The molecule has 4 nitrogen and oxygen atoms in total. The van der Waals surface area contributed by atoms with E-state index in [0.29, 0.717) is 5.56 Å². The predicted molar refractivity (Wildman–Crippen MR) is 59.1 cm³/mol. The number of hydrogen-bond acceptors (Lipinski definition) is 2. The summed E-state index contributed by atoms with van der Waals surface area (Å²) in [4.78, 5) is 21.9. The van der Waals surface area contributed by atoms with E-state index in [4.69, 9.17) is 10.2 Å². The van der Waals surface area contributed by atoms with E-state index in [1.54, 1.807) is 13.0 Å². The number of carboxylic acids is 2. The summed E-state index contributed by atoms with van der Waals surface area (Å²) in [7, 11) is 0. The smallest absolute Gasteiger partial charge is 0.336 e. The van der Waals surface area contributed by atoms with E-state index in [-0.39, 0.29) is 11.1 Å². The maximum atomic E-state index is 11.0. The van der Waals surface area contributed by atoms with Crippen LogP contribution in [-0.4, -0.2) is 22.2 Å². The predicted octanol–water partition coefficient (Wildman–Crippen LogP) is 2.34. The zero-order valence-corrected chi connectivity index (χ0v) is 9.28. The van der Waals surface area contributed by atoms with Crippen molar-refractivity contribution in [3.63, 3.8) is 0 Å². The molecule has 0 atom stereocenters. The topological polar surface area (TPSA) is 74.6 Å². The van der Waals surface area contributed by atoms with Gasteiger partial charge in [0.15, 0.2) is 0 Å². The first kappa shape index (κ1) is 12.2. The van der Waals surface area contributed by atoms with Gasteiger partial charge in [0.25, 0.3) is 0 Å². The van der Waals surface area contributed by atoms with Crippen LogP contribution in [0.4, 0.5) is 0 Å². The molecule has 1 aromatic carbocycles. The standard InChI is InChI=1S/C12H14O4/c1-3-4-8-5-6-9(11(13)14)10(7(8)2)12(15)16/h5-6H,3-4H2,1-2H3,(H,13,14)(H,15,16). The van der Waals surface area contributed by atoms with E-state index < -0.39 is 11.9 Å². The molecular weight excluding hydrogens is 208 g/mol. The summed E-state index contributed by atoms with van der Waals surface area (Å²) >= 11 is 0. The van der Waals surface area contributed by atoms with E-state index in [1.165, 1.54) is 6.07 Å². The molecule has 4 heteroatoms. The molecule has 0 heterocycles. The molecule has 0 bridgehead atoms. The molecule has 0 amide bonds. The van der Waals surface area contributed by atoms with Crippen molar-refractivity contribution in [2.45, 2.75) is 26.7 Å². The number of benzene rings is 1. The molecule has 0 aliphatic rings. The SMILES string of the molecule is CCCc1ccc(C(=O)O)c(C(=O)O)c1C. The van der Waals surface area contributed by atoms with Gasteiger partial charge in [-0.1, -0.05) is 19.4 Å². The van der Waals surface area contributed by atoms with Crippen molar-refractivity contribution in [2.24, 2.45) is 0 Å². The monoisotopic (exact) mass is 222 g/mol. The molecule has 0 unspecified atom stereocenters. The number of carboxylic acid groups (broad SMARTS) is 2. The van der Waals surface area contributed by atoms with Gasteiger partial charge in [0.2, 0.25) is 0 Å². The number of aryl methyl sites for hydroxylation is 1. The van der Waals surface area contributed by atoms with Crippen LogP contribution >= 0.6 is 0 Å². The van der Waals surface area contributed by atoms with Gasteiger partial charge in [0, 0.05) is 0 Å². The van der Waals surface area contributed by atoms with Gasteiger partial charge in [0.1, 0.15) is 0 Å². The molecule has 0 fully saturated rings. The minimum atomic E-state index is -1.21. The molecule has 1 rings (SSSR count). The van der Waals surface area contributed by atoms with E-state index in [1.807, 2.05) is 6.92 Å². The first-order chi connectivity index (χ1) is 7.49. The maximum absolute atomic E-state index is 11.0. The van der Waals surface area contributed by atoms with Gasteiger partial charge in [-0.3, -0.25) is 0 Å². The number of rotatable bonds is 4. The first-order valence-corrected chi connectivity index (χ1v) is 5.08. The molecule has 1 aromatic rings. The number of carbonyl (C=O) groups is 2. The van der Waals surface area contributed by atoms with Crippen LogP contribution in [0.3, 0.4) is 0 Å². The van der Waals surface area contributed by atoms with Crippen LogP contribution in [0.25, 0.3) is 0 Å². The molecule has 0 saturated carbocycles. The Labute approximate surface area is 93.5 Å². The number of aromatic carboxylic acids is 2. The second-order valence-electron chi connectivity index (χ2n) is 3.63. The molecular formula is C12H14O4. The summed E-state index contributed by atoms with van der Waals surface area (Å²) in [5.41, 5.74) is 1.20. The fourth-order valence-corrected chi connectivity index (χ4v) is 1.75. The lowest BCUT2D eigenvalue weighted by Gasteiger charge is -2.10. The summed E-state index contributed by atoms with van der Waals surface area (Å²) in [6.07, 6.45) is 1.65. The summed E-state index contributed by atoms with van der Waals surface area (Å²) in [6, 6.07) is 3.05. The van der Waals surface area contributed by atoms with Crippen molar-refractivity contribution in [2.75, 3.05) is 0 Å². The Hall–Kier alpha value is -1.84. The Bertz CT molecular complexity index is 435. The minimum Gasteiger partial charge on any atom is -0.478 e. The molecule has 2 N–H and O–H groups in total. The molecule has 0 aliphatic heterocycles. The quantitative estimate of drug-likeness (QED) is 0.819. The third-order valence-corrected chi connectivity index (χ3v) is 2.54. The summed E-state index contributed by atoms with van der Waals surface area (Å²) < 4.78 is 0. The van der Waals surface area contributed by atoms with Gasteiger partial charge in [-0.25, -0.2) is 9.59 Å².